The number of H-pyrrole nitrogens is 1. The van der Waals surface area contributed by atoms with E-state index in [1.54, 1.807) is 0 Å². The zero-order chi connectivity index (χ0) is 11.5. The molecule has 0 saturated carbocycles. The smallest absolute Gasteiger partial charge is 1.00 e. The molecule has 0 spiro atoms. The molecule has 2 aromatic rings. The van der Waals surface area contributed by atoms with Crippen LogP contribution in [0.3, 0.4) is 0 Å². The summed E-state index contributed by atoms with van der Waals surface area (Å²) in [5.41, 5.74) is 5.60. The third-order valence-electron chi connectivity index (χ3n) is 1.96. The van der Waals surface area contributed by atoms with Crippen molar-refractivity contribution in [2.75, 3.05) is 18.9 Å². The fourth-order valence-electron chi connectivity index (χ4n) is 1.29. The number of hydrogen-bond donors (Lipinski definition) is 3. The molecule has 0 amide bonds. The number of nitrogens with two attached hydrogens (primary N) is 1. The Morgan fingerprint density at radius 1 is 1.61 bits per heavy atom. The van der Waals surface area contributed by atoms with Crippen molar-refractivity contribution in [3.05, 3.63) is 16.7 Å². The molecule has 0 aliphatic carbocycles. The molecule has 0 fully saturated rings. The number of nitrogen functional groups attached to an aromatic ring is 1. The van der Waals surface area contributed by atoms with Crippen LogP contribution in [-0.2, 0) is 11.5 Å². The zero-order valence-electron chi connectivity index (χ0n) is 10.8. The minimum atomic E-state index is -0.386. The third kappa shape index (κ3) is 3.67. The van der Waals surface area contributed by atoms with Gasteiger partial charge in [-0.25, -0.2) is 4.98 Å². The molecular weight excluding hydrogens is 273 g/mol. The van der Waals surface area contributed by atoms with E-state index in [2.05, 4.69) is 15.0 Å². The molecular formula is C8H13ClN5NaO3. The molecule has 0 aromatic carbocycles. The van der Waals surface area contributed by atoms with Gasteiger partial charge in [0.1, 0.15) is 6.73 Å². The summed E-state index contributed by atoms with van der Waals surface area (Å²) in [6, 6.07) is 0. The largest absolute Gasteiger partial charge is 1.00 e. The van der Waals surface area contributed by atoms with Crippen LogP contribution >= 0.6 is 12.4 Å². The summed E-state index contributed by atoms with van der Waals surface area (Å²) < 4.78 is 6.63. The Morgan fingerprint density at radius 3 is 3.00 bits per heavy atom. The number of fused-ring (bicyclic) bond motifs is 1. The van der Waals surface area contributed by atoms with E-state index in [1.807, 2.05) is 0 Å². The van der Waals surface area contributed by atoms with Crippen molar-refractivity contribution in [3.8, 4) is 0 Å². The number of aromatic amines is 1. The van der Waals surface area contributed by atoms with Gasteiger partial charge in [0.15, 0.2) is 11.2 Å². The van der Waals surface area contributed by atoms with Gasteiger partial charge in [0.25, 0.3) is 5.56 Å². The quantitative estimate of drug-likeness (QED) is 0.392. The third-order valence-corrected chi connectivity index (χ3v) is 1.96. The molecule has 0 saturated heterocycles. The van der Waals surface area contributed by atoms with Crippen LogP contribution in [0.1, 0.15) is 1.43 Å². The maximum absolute atomic E-state index is 11.4. The number of anilines is 1. The van der Waals surface area contributed by atoms with Gasteiger partial charge in [-0.2, -0.15) is 4.98 Å². The maximum atomic E-state index is 11.4. The Morgan fingerprint density at radius 2 is 2.33 bits per heavy atom. The van der Waals surface area contributed by atoms with E-state index in [0.717, 1.165) is 0 Å². The Balaban J connectivity index is 0. The average Bonchev–Trinajstić information content (AvgIpc) is 2.62. The van der Waals surface area contributed by atoms with Crippen molar-refractivity contribution >= 4 is 29.5 Å². The normalized spacial score (nSPS) is 9.83. The fraction of sp³-hybridized carbons (Fsp3) is 0.375. The maximum Gasteiger partial charge on any atom is 1.00 e. The molecule has 2 aromatic heterocycles. The summed E-state index contributed by atoms with van der Waals surface area (Å²) in [5, 5.41) is 8.56. The molecule has 2 heterocycles. The van der Waals surface area contributed by atoms with Gasteiger partial charge in [0.2, 0.25) is 5.95 Å². The number of halogens is 1. The molecule has 4 N–H and O–H groups in total. The molecule has 0 aliphatic rings. The number of aliphatic hydroxyl groups excluding tert-OH is 1. The van der Waals surface area contributed by atoms with Crippen molar-refractivity contribution < 1.29 is 40.8 Å². The molecule has 2 rings (SSSR count). The van der Waals surface area contributed by atoms with E-state index in [9.17, 15) is 4.79 Å². The van der Waals surface area contributed by atoms with Crippen LogP contribution in [0, 0.1) is 0 Å². The number of aromatic nitrogens is 4. The second-order valence-electron chi connectivity index (χ2n) is 3.10. The van der Waals surface area contributed by atoms with Crippen molar-refractivity contribution in [1.29, 1.82) is 0 Å². The van der Waals surface area contributed by atoms with Gasteiger partial charge in [-0.3, -0.25) is 14.3 Å². The van der Waals surface area contributed by atoms with E-state index in [-0.39, 0.29) is 80.4 Å². The zero-order valence-corrected chi connectivity index (χ0v) is 12.6. The summed E-state index contributed by atoms with van der Waals surface area (Å²) in [6.07, 6.45) is 1.43. The molecule has 10 heteroatoms. The number of nitrogens with zero attached hydrogens (tertiary/aromatic N) is 3. The van der Waals surface area contributed by atoms with Gasteiger partial charge in [0.05, 0.1) is 19.5 Å². The predicted molar refractivity (Wildman–Crippen MR) is 64.0 cm³/mol. The second kappa shape index (κ2) is 7.72. The summed E-state index contributed by atoms with van der Waals surface area (Å²) in [5.74, 6) is 0.0291. The summed E-state index contributed by atoms with van der Waals surface area (Å²) in [7, 11) is 0. The molecule has 0 atom stereocenters. The summed E-state index contributed by atoms with van der Waals surface area (Å²) in [4.78, 5) is 21.6. The topological polar surface area (TPSA) is 119 Å². The molecule has 18 heavy (non-hydrogen) atoms. The van der Waals surface area contributed by atoms with Crippen molar-refractivity contribution in [2.45, 2.75) is 6.73 Å². The Bertz CT molecular complexity index is 563. The van der Waals surface area contributed by atoms with Gasteiger partial charge in [-0.1, -0.05) is 0 Å². The van der Waals surface area contributed by atoms with Crippen LogP contribution in [0.2, 0.25) is 0 Å². The second-order valence-corrected chi connectivity index (χ2v) is 3.10. The van der Waals surface area contributed by atoms with Crippen LogP contribution in [-0.4, -0.2) is 37.8 Å². The first kappa shape index (κ1) is 17.4. The van der Waals surface area contributed by atoms with Crippen molar-refractivity contribution in [1.82, 2.24) is 19.5 Å². The van der Waals surface area contributed by atoms with Gasteiger partial charge in [-0.15, -0.1) is 12.4 Å². The SMILES string of the molecule is Cl.Nc1nc2c(ncn2COCCO)c(=O)[nH]1.[H-].[Na+]. The van der Waals surface area contributed by atoms with Gasteiger partial charge >= 0.3 is 29.6 Å². The van der Waals surface area contributed by atoms with Gasteiger partial charge < -0.3 is 17.0 Å². The number of hydrogen-bond acceptors (Lipinski definition) is 6. The standard InChI is InChI=1S/C8H11N5O3.ClH.Na.H/c9-8-11-6-5(7(15)12-8)10-3-13(6)4-16-2-1-14;;;/h3,14H,1-2,4H2,(H3,9,11,12,15);1H;;/q;;+1;-1. The van der Waals surface area contributed by atoms with Crippen molar-refractivity contribution in [2.24, 2.45) is 0 Å². The van der Waals surface area contributed by atoms with Crippen LogP contribution < -0.4 is 40.9 Å². The van der Waals surface area contributed by atoms with E-state index in [4.69, 9.17) is 15.6 Å². The number of rotatable bonds is 4. The summed E-state index contributed by atoms with van der Waals surface area (Å²) >= 11 is 0. The molecule has 96 valence electrons. The average molecular weight is 286 g/mol. The van der Waals surface area contributed by atoms with E-state index >= 15 is 0 Å². The Hall–Kier alpha value is -0.640. The first-order valence-electron chi connectivity index (χ1n) is 4.61. The van der Waals surface area contributed by atoms with E-state index in [1.165, 1.54) is 10.9 Å². The molecule has 0 radical (unpaired) electrons. The number of nitrogens with one attached hydrogen (secondary N) is 1. The predicted octanol–water partition coefficient (Wildman–Crippen LogP) is -3.79. The number of aliphatic hydroxyl groups is 1. The Labute approximate surface area is 132 Å². The van der Waals surface area contributed by atoms with Crippen LogP contribution in [0.15, 0.2) is 11.1 Å². The Kier molecular flexibility index (Phi) is 7.45. The van der Waals surface area contributed by atoms with Crippen molar-refractivity contribution in [3.63, 3.8) is 0 Å². The monoisotopic (exact) mass is 285 g/mol. The van der Waals surface area contributed by atoms with Crippen LogP contribution in [0.4, 0.5) is 5.95 Å². The van der Waals surface area contributed by atoms with E-state index in [0.29, 0.717) is 5.65 Å². The molecule has 0 aliphatic heterocycles. The number of imidazole rings is 1. The van der Waals surface area contributed by atoms with Gasteiger partial charge in [0, 0.05) is 0 Å². The fourth-order valence-corrected chi connectivity index (χ4v) is 1.29. The summed E-state index contributed by atoms with van der Waals surface area (Å²) in [6.45, 7) is 0.300. The van der Waals surface area contributed by atoms with Crippen LogP contribution in [0.5, 0.6) is 0 Å². The van der Waals surface area contributed by atoms with E-state index < -0.39 is 0 Å². The number of ether oxygens (including phenoxy) is 1. The first-order valence-corrected chi connectivity index (χ1v) is 4.61. The van der Waals surface area contributed by atoms with Crippen LogP contribution in [0.25, 0.3) is 11.2 Å². The first-order chi connectivity index (χ1) is 7.72. The molecule has 0 bridgehead atoms. The molecule has 0 unspecified atom stereocenters. The minimum Gasteiger partial charge on any atom is -1.00 e. The minimum absolute atomic E-state index is 0. The van der Waals surface area contributed by atoms with Gasteiger partial charge in [-0.05, 0) is 0 Å². The molecule has 8 nitrogen and oxygen atoms in total.